The molecule has 5 rings (SSSR count). The zero-order valence-corrected chi connectivity index (χ0v) is 18.0. The highest BCUT2D eigenvalue weighted by Gasteiger charge is 2.21. The standard InChI is InChI=1S/C21H20FN7O2S/c1-27-17-4-2-3-13(22)18(17)29(21(27)31)20-26-15(12-32-20)19(30)25-14-11-24-6-5-16(14)28-9-7-23-8-10-28/h2-6,11-12,23H,7-10H2,1H3,(H,25,30). The van der Waals surface area contributed by atoms with E-state index < -0.39 is 17.4 Å². The number of benzene rings is 1. The predicted octanol–water partition coefficient (Wildman–Crippen LogP) is 1.98. The van der Waals surface area contributed by atoms with Crippen molar-refractivity contribution in [2.75, 3.05) is 36.4 Å². The molecule has 1 fully saturated rings. The number of aryl methyl sites for hydroxylation is 1. The van der Waals surface area contributed by atoms with E-state index in [0.29, 0.717) is 11.2 Å². The summed E-state index contributed by atoms with van der Waals surface area (Å²) in [5, 5.41) is 7.95. The number of nitrogens with zero attached hydrogens (tertiary/aromatic N) is 5. The van der Waals surface area contributed by atoms with Gasteiger partial charge < -0.3 is 15.5 Å². The highest BCUT2D eigenvalue weighted by atomic mass is 32.1. The highest BCUT2D eigenvalue weighted by Crippen LogP contribution is 2.26. The van der Waals surface area contributed by atoms with Crippen LogP contribution in [0.15, 0.2) is 46.8 Å². The summed E-state index contributed by atoms with van der Waals surface area (Å²) in [6.45, 7) is 3.37. The first-order valence-electron chi connectivity index (χ1n) is 10.1. The Morgan fingerprint density at radius 2 is 2.06 bits per heavy atom. The van der Waals surface area contributed by atoms with Crippen molar-refractivity contribution in [2.24, 2.45) is 7.05 Å². The van der Waals surface area contributed by atoms with Crippen LogP contribution in [0, 0.1) is 5.82 Å². The van der Waals surface area contributed by atoms with Crippen molar-refractivity contribution in [2.45, 2.75) is 0 Å². The SMILES string of the molecule is Cn1c(=O)n(-c2nc(C(=O)Nc3cnccc3N3CCNCC3)cs2)c2c(F)cccc21. The molecule has 0 atom stereocenters. The first-order valence-corrected chi connectivity index (χ1v) is 11.0. The number of rotatable bonds is 4. The van der Waals surface area contributed by atoms with E-state index in [4.69, 9.17) is 0 Å². The summed E-state index contributed by atoms with van der Waals surface area (Å²) in [4.78, 5) is 36.3. The number of hydrogen-bond acceptors (Lipinski definition) is 7. The largest absolute Gasteiger partial charge is 0.367 e. The summed E-state index contributed by atoms with van der Waals surface area (Å²) in [5.41, 5.74) is 1.77. The highest BCUT2D eigenvalue weighted by molar-refractivity contribution is 7.12. The van der Waals surface area contributed by atoms with Crippen molar-refractivity contribution in [1.29, 1.82) is 0 Å². The van der Waals surface area contributed by atoms with E-state index in [1.54, 1.807) is 37.0 Å². The smallest absolute Gasteiger partial charge is 0.335 e. The van der Waals surface area contributed by atoms with Crippen LogP contribution in [-0.2, 0) is 7.05 Å². The van der Waals surface area contributed by atoms with Crippen LogP contribution in [-0.4, -0.2) is 51.2 Å². The van der Waals surface area contributed by atoms with E-state index in [0.717, 1.165) is 43.2 Å². The summed E-state index contributed by atoms with van der Waals surface area (Å²) in [5.74, 6) is -0.955. The average molecular weight is 454 g/mol. The van der Waals surface area contributed by atoms with Gasteiger partial charge in [0.25, 0.3) is 5.91 Å². The number of nitrogens with one attached hydrogen (secondary N) is 2. The second kappa shape index (κ2) is 8.17. The molecule has 0 unspecified atom stereocenters. The summed E-state index contributed by atoms with van der Waals surface area (Å²) in [6.07, 6.45) is 3.29. The molecule has 0 bridgehead atoms. The molecule has 0 saturated carbocycles. The van der Waals surface area contributed by atoms with Gasteiger partial charge in [-0.3, -0.25) is 14.3 Å². The molecule has 1 aliphatic rings. The van der Waals surface area contributed by atoms with Gasteiger partial charge in [-0.25, -0.2) is 18.7 Å². The molecular weight excluding hydrogens is 433 g/mol. The van der Waals surface area contributed by atoms with E-state index in [1.807, 2.05) is 6.07 Å². The molecule has 11 heteroatoms. The van der Waals surface area contributed by atoms with Gasteiger partial charge in [0.1, 0.15) is 17.0 Å². The molecule has 1 amide bonds. The molecule has 0 radical (unpaired) electrons. The second-order valence-corrected chi connectivity index (χ2v) is 8.22. The van der Waals surface area contributed by atoms with E-state index in [2.05, 4.69) is 25.5 Å². The van der Waals surface area contributed by atoms with Crippen LogP contribution in [0.5, 0.6) is 0 Å². The van der Waals surface area contributed by atoms with Gasteiger partial charge in [0, 0.05) is 44.8 Å². The molecule has 4 aromatic rings. The quantitative estimate of drug-likeness (QED) is 0.491. The Balaban J connectivity index is 1.46. The van der Waals surface area contributed by atoms with Gasteiger partial charge in [-0.1, -0.05) is 6.07 Å². The van der Waals surface area contributed by atoms with Crippen molar-refractivity contribution < 1.29 is 9.18 Å². The summed E-state index contributed by atoms with van der Waals surface area (Å²) in [7, 11) is 1.57. The zero-order chi connectivity index (χ0) is 22.2. The molecular formula is C21H20FN7O2S. The lowest BCUT2D eigenvalue weighted by molar-refractivity contribution is 0.102. The number of halogens is 1. The fraction of sp³-hybridized carbons (Fsp3) is 0.238. The normalized spacial score (nSPS) is 14.1. The molecule has 3 aromatic heterocycles. The van der Waals surface area contributed by atoms with E-state index in [9.17, 15) is 14.0 Å². The fourth-order valence-electron chi connectivity index (χ4n) is 3.84. The van der Waals surface area contributed by atoms with Gasteiger partial charge in [0.15, 0.2) is 5.13 Å². The first kappa shape index (κ1) is 20.3. The molecule has 1 saturated heterocycles. The summed E-state index contributed by atoms with van der Waals surface area (Å²) >= 11 is 1.10. The Hall–Kier alpha value is -3.57. The van der Waals surface area contributed by atoms with Crippen molar-refractivity contribution in [1.82, 2.24) is 24.4 Å². The number of carbonyl (C=O) groups excluding carboxylic acids is 1. The van der Waals surface area contributed by atoms with Gasteiger partial charge in [-0.2, -0.15) is 0 Å². The second-order valence-electron chi connectivity index (χ2n) is 7.38. The molecule has 9 nitrogen and oxygen atoms in total. The number of thiazole rings is 1. The number of piperazine rings is 1. The number of pyridine rings is 1. The lowest BCUT2D eigenvalue weighted by Crippen LogP contribution is -2.43. The minimum Gasteiger partial charge on any atom is -0.367 e. The molecule has 0 spiro atoms. The predicted molar refractivity (Wildman–Crippen MR) is 121 cm³/mol. The van der Waals surface area contributed by atoms with Crippen LogP contribution in [0.4, 0.5) is 15.8 Å². The third kappa shape index (κ3) is 3.45. The Morgan fingerprint density at radius 1 is 1.25 bits per heavy atom. The Kier molecular flexibility index (Phi) is 5.19. The Morgan fingerprint density at radius 3 is 2.88 bits per heavy atom. The maximum absolute atomic E-state index is 14.5. The third-order valence-electron chi connectivity index (χ3n) is 5.45. The van der Waals surface area contributed by atoms with Crippen molar-refractivity contribution in [3.8, 4) is 5.13 Å². The number of fused-ring (bicyclic) bond motifs is 1. The number of carbonyl (C=O) groups is 1. The maximum Gasteiger partial charge on any atom is 0.335 e. The summed E-state index contributed by atoms with van der Waals surface area (Å²) in [6, 6.07) is 6.37. The molecule has 32 heavy (non-hydrogen) atoms. The molecule has 2 N–H and O–H groups in total. The zero-order valence-electron chi connectivity index (χ0n) is 17.2. The third-order valence-corrected chi connectivity index (χ3v) is 6.27. The van der Waals surface area contributed by atoms with Crippen molar-refractivity contribution in [3.05, 3.63) is 64.0 Å². The number of anilines is 2. The van der Waals surface area contributed by atoms with Crippen LogP contribution >= 0.6 is 11.3 Å². The lowest BCUT2D eigenvalue weighted by atomic mass is 10.2. The Labute approximate surface area is 186 Å². The van der Waals surface area contributed by atoms with Gasteiger partial charge in [0.05, 0.1) is 23.1 Å². The minimum absolute atomic E-state index is 0.134. The van der Waals surface area contributed by atoms with Crippen LogP contribution in [0.3, 0.4) is 0 Å². The number of amides is 1. The van der Waals surface area contributed by atoms with Crippen LogP contribution < -0.4 is 21.2 Å². The molecule has 0 aliphatic carbocycles. The van der Waals surface area contributed by atoms with Crippen molar-refractivity contribution >= 4 is 39.7 Å². The van der Waals surface area contributed by atoms with Crippen LogP contribution in [0.25, 0.3) is 16.2 Å². The number of para-hydroxylation sites is 1. The lowest BCUT2D eigenvalue weighted by Gasteiger charge is -2.30. The molecule has 164 valence electrons. The topological polar surface area (TPSA) is 97.1 Å². The van der Waals surface area contributed by atoms with Crippen LogP contribution in [0.2, 0.25) is 0 Å². The first-order chi connectivity index (χ1) is 15.5. The molecule has 1 aliphatic heterocycles. The average Bonchev–Trinajstić information content (AvgIpc) is 3.39. The Bertz CT molecular complexity index is 1370. The number of aromatic nitrogens is 4. The van der Waals surface area contributed by atoms with E-state index >= 15 is 0 Å². The van der Waals surface area contributed by atoms with E-state index in [1.165, 1.54) is 15.2 Å². The maximum atomic E-state index is 14.5. The monoisotopic (exact) mass is 453 g/mol. The van der Waals surface area contributed by atoms with Gasteiger partial charge >= 0.3 is 5.69 Å². The minimum atomic E-state index is -0.530. The molecule has 4 heterocycles. The fourth-order valence-corrected chi connectivity index (χ4v) is 4.65. The van der Waals surface area contributed by atoms with Gasteiger partial charge in [-0.05, 0) is 18.2 Å². The van der Waals surface area contributed by atoms with Gasteiger partial charge in [0.2, 0.25) is 0 Å². The van der Waals surface area contributed by atoms with Crippen molar-refractivity contribution in [3.63, 3.8) is 0 Å². The van der Waals surface area contributed by atoms with Crippen LogP contribution in [0.1, 0.15) is 10.5 Å². The van der Waals surface area contributed by atoms with Gasteiger partial charge in [-0.15, -0.1) is 11.3 Å². The molecule has 1 aromatic carbocycles. The van der Waals surface area contributed by atoms with E-state index in [-0.39, 0.29) is 16.3 Å². The number of hydrogen-bond donors (Lipinski definition) is 2. The summed E-state index contributed by atoms with van der Waals surface area (Å²) < 4.78 is 17.1. The number of imidazole rings is 1.